The number of aryl methyl sites for hydroxylation is 1. The molecule has 5 aromatic rings. The van der Waals surface area contributed by atoms with Crippen molar-refractivity contribution in [1.82, 2.24) is 25.5 Å². The van der Waals surface area contributed by atoms with Gasteiger partial charge in [-0.2, -0.15) is 5.10 Å². The Balaban J connectivity index is 1.45. The minimum absolute atomic E-state index is 0.292. The van der Waals surface area contributed by atoms with Gasteiger partial charge in [0.2, 0.25) is 0 Å². The lowest BCUT2D eigenvalue weighted by atomic mass is 9.97. The van der Waals surface area contributed by atoms with E-state index in [1.165, 1.54) is 17.7 Å². The van der Waals surface area contributed by atoms with Crippen LogP contribution >= 0.6 is 0 Å². The lowest BCUT2D eigenvalue weighted by molar-refractivity contribution is 0.627. The number of nitrogens with zero attached hydrogens (tertiary/aromatic N) is 2. The van der Waals surface area contributed by atoms with Gasteiger partial charge in [-0.25, -0.2) is 4.39 Å². The second-order valence-electron chi connectivity index (χ2n) is 10.1. The maximum Gasteiger partial charge on any atom is 0.123 e. The van der Waals surface area contributed by atoms with Crippen LogP contribution in [-0.4, -0.2) is 26.7 Å². The highest BCUT2D eigenvalue weighted by Crippen LogP contribution is 2.33. The molecule has 3 N–H and O–H groups in total. The smallest absolute Gasteiger partial charge is 0.123 e. The standard InChI is InChI=1S/C37H34FN5/c1-5-8-17-31(29-15-12-16-30(38)19-29)32-20-35(41-25(32)4)37-33-21-34(40-24-36(33)42-43-37)28(7-3)18-26(6-2)22-39-23-27-13-10-9-11-14-27/h6-7,9-21,24,39,41H,2,22-23H2,1,3-4H3,(H,42,43)/b26-18+,28-7+,31-17-. The Morgan fingerprint density at radius 3 is 2.67 bits per heavy atom. The molecule has 0 atom stereocenters. The van der Waals surface area contributed by atoms with Gasteiger partial charge in [-0.3, -0.25) is 10.1 Å². The molecule has 0 fully saturated rings. The molecule has 214 valence electrons. The van der Waals surface area contributed by atoms with E-state index >= 15 is 0 Å². The van der Waals surface area contributed by atoms with Crippen molar-refractivity contribution < 1.29 is 4.39 Å². The SMILES string of the molecule is C=C/C(=C\C(=C/C)c1cc2c(-c3cc(/C(=C\C#CC)c4cccc(F)c4)c(C)[nH]3)n[nH]c2cn1)CNCc1ccccc1. The third kappa shape index (κ3) is 6.81. The summed E-state index contributed by atoms with van der Waals surface area (Å²) in [5, 5.41) is 12.2. The second-order valence-corrected chi connectivity index (χ2v) is 10.1. The van der Waals surface area contributed by atoms with E-state index in [4.69, 9.17) is 4.98 Å². The zero-order valence-electron chi connectivity index (χ0n) is 24.6. The Bertz CT molecular complexity index is 1910. The van der Waals surface area contributed by atoms with Gasteiger partial charge in [0.15, 0.2) is 0 Å². The number of benzene rings is 2. The topological polar surface area (TPSA) is 69.4 Å². The molecule has 0 aliphatic rings. The molecule has 3 aromatic heterocycles. The molecular formula is C37H34FN5. The highest BCUT2D eigenvalue weighted by Gasteiger charge is 2.17. The summed E-state index contributed by atoms with van der Waals surface area (Å²) in [6.07, 6.45) is 9.68. The van der Waals surface area contributed by atoms with Gasteiger partial charge in [-0.15, -0.1) is 5.92 Å². The van der Waals surface area contributed by atoms with Crippen LogP contribution in [0.15, 0.2) is 109 Å². The number of allylic oxidation sites excluding steroid dienone is 4. The van der Waals surface area contributed by atoms with E-state index in [9.17, 15) is 4.39 Å². The van der Waals surface area contributed by atoms with E-state index in [0.29, 0.717) is 6.54 Å². The van der Waals surface area contributed by atoms with Crippen LogP contribution in [0.3, 0.4) is 0 Å². The third-order valence-electron chi connectivity index (χ3n) is 7.21. The van der Waals surface area contributed by atoms with Gasteiger partial charge < -0.3 is 10.3 Å². The molecule has 5 nitrogen and oxygen atoms in total. The Hall–Kier alpha value is -5.25. The van der Waals surface area contributed by atoms with Crippen LogP contribution in [0.2, 0.25) is 0 Å². The van der Waals surface area contributed by atoms with Gasteiger partial charge in [-0.1, -0.05) is 67.1 Å². The van der Waals surface area contributed by atoms with Crippen LogP contribution in [0.1, 0.15) is 41.9 Å². The number of nitrogens with one attached hydrogen (secondary N) is 3. The molecule has 2 aromatic carbocycles. The Morgan fingerprint density at radius 1 is 1.09 bits per heavy atom. The second kappa shape index (κ2) is 13.6. The van der Waals surface area contributed by atoms with E-state index in [0.717, 1.165) is 68.1 Å². The molecule has 0 radical (unpaired) electrons. The summed E-state index contributed by atoms with van der Waals surface area (Å²) < 4.78 is 14.1. The van der Waals surface area contributed by atoms with Gasteiger partial charge in [0.1, 0.15) is 11.5 Å². The predicted molar refractivity (Wildman–Crippen MR) is 175 cm³/mol. The average molecular weight is 568 g/mol. The van der Waals surface area contributed by atoms with Crippen molar-refractivity contribution in [2.75, 3.05) is 6.54 Å². The third-order valence-corrected chi connectivity index (χ3v) is 7.21. The van der Waals surface area contributed by atoms with Crippen LogP contribution in [0.4, 0.5) is 4.39 Å². The molecule has 0 amide bonds. The number of H-pyrrole nitrogens is 2. The number of fused-ring (bicyclic) bond motifs is 1. The van der Waals surface area contributed by atoms with Crippen LogP contribution in [0.25, 0.3) is 33.4 Å². The fraction of sp³-hybridized carbons (Fsp3) is 0.135. The lowest BCUT2D eigenvalue weighted by Gasteiger charge is -2.08. The molecule has 0 aliphatic carbocycles. The van der Waals surface area contributed by atoms with Gasteiger partial charge in [-0.05, 0) is 85.0 Å². The molecule has 43 heavy (non-hydrogen) atoms. The average Bonchev–Trinajstić information content (AvgIpc) is 3.62. The molecule has 0 aliphatic heterocycles. The minimum atomic E-state index is -0.292. The summed E-state index contributed by atoms with van der Waals surface area (Å²) >= 11 is 0. The summed E-state index contributed by atoms with van der Waals surface area (Å²) in [6.45, 7) is 11.3. The lowest BCUT2D eigenvalue weighted by Crippen LogP contribution is -2.16. The van der Waals surface area contributed by atoms with Crippen molar-refractivity contribution in [3.63, 3.8) is 0 Å². The molecule has 0 bridgehead atoms. The molecule has 3 heterocycles. The number of hydrogen-bond acceptors (Lipinski definition) is 3. The van der Waals surface area contributed by atoms with Gasteiger partial charge >= 0.3 is 0 Å². The summed E-state index contributed by atoms with van der Waals surface area (Å²) in [5.41, 5.74) is 10.0. The predicted octanol–water partition coefficient (Wildman–Crippen LogP) is 8.16. The van der Waals surface area contributed by atoms with Crippen LogP contribution in [0.5, 0.6) is 0 Å². The van der Waals surface area contributed by atoms with Crippen molar-refractivity contribution in [2.45, 2.75) is 27.3 Å². The first-order valence-corrected chi connectivity index (χ1v) is 14.2. The van der Waals surface area contributed by atoms with Gasteiger partial charge in [0, 0.05) is 29.7 Å². The summed E-state index contributed by atoms with van der Waals surface area (Å²) in [6, 6.07) is 21.0. The molecule has 0 spiro atoms. The zero-order valence-corrected chi connectivity index (χ0v) is 24.6. The fourth-order valence-electron chi connectivity index (χ4n) is 5.00. The largest absolute Gasteiger partial charge is 0.357 e. The number of aromatic nitrogens is 4. The van der Waals surface area contributed by atoms with E-state index in [1.54, 1.807) is 13.0 Å². The Kier molecular flexibility index (Phi) is 9.26. The first-order chi connectivity index (χ1) is 21.0. The van der Waals surface area contributed by atoms with Gasteiger partial charge in [0.05, 0.1) is 23.1 Å². The molecule has 0 saturated heterocycles. The van der Waals surface area contributed by atoms with Crippen molar-refractivity contribution in [1.29, 1.82) is 0 Å². The molecule has 0 saturated carbocycles. The van der Waals surface area contributed by atoms with E-state index in [2.05, 4.69) is 69.3 Å². The van der Waals surface area contributed by atoms with E-state index in [1.807, 2.05) is 62.5 Å². The molecule has 0 unspecified atom stereocenters. The normalized spacial score (nSPS) is 12.3. The van der Waals surface area contributed by atoms with Crippen LogP contribution in [0, 0.1) is 24.6 Å². The number of hydrogen-bond donors (Lipinski definition) is 3. The monoisotopic (exact) mass is 567 g/mol. The van der Waals surface area contributed by atoms with Gasteiger partial charge in [0.25, 0.3) is 0 Å². The zero-order chi connectivity index (χ0) is 30.2. The first-order valence-electron chi connectivity index (χ1n) is 14.2. The summed E-state index contributed by atoms with van der Waals surface area (Å²) in [4.78, 5) is 8.21. The molecule has 5 rings (SSSR count). The van der Waals surface area contributed by atoms with Crippen molar-refractivity contribution in [3.8, 4) is 23.2 Å². The number of pyridine rings is 1. The minimum Gasteiger partial charge on any atom is -0.357 e. The Morgan fingerprint density at radius 2 is 1.93 bits per heavy atom. The molecular weight excluding hydrogens is 533 g/mol. The quantitative estimate of drug-likeness (QED) is 0.118. The summed E-state index contributed by atoms with van der Waals surface area (Å²) in [5.74, 6) is 5.65. The molecule has 6 heteroatoms. The maximum atomic E-state index is 14.1. The number of halogens is 1. The first kappa shape index (κ1) is 29.2. The fourth-order valence-corrected chi connectivity index (χ4v) is 5.00. The highest BCUT2D eigenvalue weighted by molar-refractivity contribution is 5.95. The highest BCUT2D eigenvalue weighted by atomic mass is 19.1. The van der Waals surface area contributed by atoms with E-state index in [-0.39, 0.29) is 5.82 Å². The summed E-state index contributed by atoms with van der Waals surface area (Å²) in [7, 11) is 0. The van der Waals surface area contributed by atoms with E-state index < -0.39 is 0 Å². The maximum absolute atomic E-state index is 14.1. The van der Waals surface area contributed by atoms with Crippen molar-refractivity contribution in [2.24, 2.45) is 0 Å². The van der Waals surface area contributed by atoms with Crippen molar-refractivity contribution >= 4 is 22.0 Å². The number of rotatable bonds is 10. The van der Waals surface area contributed by atoms with Crippen LogP contribution < -0.4 is 5.32 Å². The Labute approximate surface area is 252 Å². The number of aromatic amines is 2. The van der Waals surface area contributed by atoms with Crippen LogP contribution in [-0.2, 0) is 6.54 Å². The van der Waals surface area contributed by atoms with Crippen molar-refractivity contribution in [3.05, 3.63) is 143 Å².